The molecule has 50 heavy (non-hydrogen) atoms. The Morgan fingerprint density at radius 1 is 1.20 bits per heavy atom. The van der Waals surface area contributed by atoms with Gasteiger partial charge in [0.2, 0.25) is 0 Å². The summed E-state index contributed by atoms with van der Waals surface area (Å²) in [5.74, 6) is -0.994. The maximum absolute atomic E-state index is 14.4. The monoisotopic (exact) mass is 710 g/mol. The van der Waals surface area contributed by atoms with Crippen LogP contribution in [0.2, 0.25) is 0 Å². The van der Waals surface area contributed by atoms with Gasteiger partial charge in [-0.2, -0.15) is 5.10 Å². The minimum atomic E-state index is -1.11. The van der Waals surface area contributed by atoms with Crippen molar-refractivity contribution in [2.45, 2.75) is 53.8 Å². The number of ether oxygens (including phenoxy) is 2. The molecule has 3 unspecified atom stereocenters. The third-order valence-electron chi connectivity index (χ3n) is 7.99. The molecule has 0 spiro atoms. The van der Waals surface area contributed by atoms with E-state index in [1.165, 1.54) is 24.2 Å². The summed E-state index contributed by atoms with van der Waals surface area (Å²) in [5.41, 5.74) is 8.91. The molecule has 0 amide bonds. The van der Waals surface area contributed by atoms with Crippen molar-refractivity contribution in [2.24, 2.45) is 16.8 Å². The highest BCUT2D eigenvalue weighted by Crippen LogP contribution is 2.21. The molecule has 0 saturated carbocycles. The number of rotatable bonds is 17. The standard InChI is InChI=1S/C38H52F2N6O3S/c1-9-12-33(40)37(13-10-2)48-19-14-26(4)36(11-3)46(29(7)41)42-24-27(5)38(47)35-21-30-20-32(49-25-28(6)39)22-31(23-34(30)43-35)44-15-17-45(50-8)18-16-44/h9-14,20-24,27-28,32,43H,7,15-19,25,41H2,1-6,8H3/b12-9-,13-10-,26-14-,36-11+,37-33-,42-24-. The number of Topliss-reactive ketones (excluding diaryl/α,β-unsaturated/α-hetero) is 1. The van der Waals surface area contributed by atoms with Gasteiger partial charge in [-0.3, -0.25) is 4.79 Å². The summed E-state index contributed by atoms with van der Waals surface area (Å²) in [6, 6.07) is 1.80. The highest BCUT2D eigenvalue weighted by atomic mass is 32.2. The molecule has 0 bridgehead atoms. The summed E-state index contributed by atoms with van der Waals surface area (Å²) in [4.78, 5) is 19.3. The molecule has 272 valence electrons. The number of fused-ring (bicyclic) bond motifs is 1. The molecule has 0 aromatic carbocycles. The number of nitrogens with zero attached hydrogens (tertiary/aromatic N) is 4. The average molecular weight is 711 g/mol. The van der Waals surface area contributed by atoms with E-state index >= 15 is 0 Å². The fourth-order valence-corrected chi connectivity index (χ4v) is 5.89. The molecule has 1 saturated heterocycles. The number of H-pyrrole nitrogens is 1. The van der Waals surface area contributed by atoms with Crippen molar-refractivity contribution < 1.29 is 23.0 Å². The van der Waals surface area contributed by atoms with Crippen LogP contribution in [-0.2, 0) is 9.47 Å². The summed E-state index contributed by atoms with van der Waals surface area (Å²) in [6.45, 7) is 17.9. The lowest BCUT2D eigenvalue weighted by Gasteiger charge is -2.35. The van der Waals surface area contributed by atoms with E-state index in [4.69, 9.17) is 15.2 Å². The first-order chi connectivity index (χ1) is 23.9. The maximum Gasteiger partial charge on any atom is 0.187 e. The normalized spacial score (nSPS) is 19.4. The van der Waals surface area contributed by atoms with Crippen molar-refractivity contribution >= 4 is 36.1 Å². The van der Waals surface area contributed by atoms with Crippen LogP contribution in [0.5, 0.6) is 0 Å². The fourth-order valence-electron chi connectivity index (χ4n) is 5.36. The first kappa shape index (κ1) is 40.3. The molecule has 9 nitrogen and oxygen atoms in total. The van der Waals surface area contributed by atoms with Crippen molar-refractivity contribution in [2.75, 3.05) is 45.6 Å². The SMILES string of the molecule is C=C(N)N(/N=C\C(C)C(=O)c1cc2c([nH]1)=CC(N1CCN(SC)CC1)=CC(OCC(C)F)C=2)C(=C/C)/C(C)=C\COC(/C=C\C)=C(F)/C=C\C. The second kappa shape index (κ2) is 19.9. The van der Waals surface area contributed by atoms with Gasteiger partial charge in [0.05, 0.1) is 30.0 Å². The molecule has 0 radical (unpaired) electrons. The Morgan fingerprint density at radius 2 is 1.90 bits per heavy atom. The number of hydrazone groups is 1. The number of hydrogen-bond donors (Lipinski definition) is 2. The Morgan fingerprint density at radius 3 is 2.50 bits per heavy atom. The fraction of sp³-hybridized carbons (Fsp3) is 0.421. The number of carbonyl (C=O) groups is 1. The number of piperazine rings is 1. The lowest BCUT2D eigenvalue weighted by molar-refractivity contribution is 0.0780. The van der Waals surface area contributed by atoms with E-state index in [1.807, 2.05) is 38.2 Å². The summed E-state index contributed by atoms with van der Waals surface area (Å²) >= 11 is 1.73. The van der Waals surface area contributed by atoms with Crippen LogP contribution in [0.25, 0.3) is 12.2 Å². The molecule has 2 heterocycles. The molecule has 3 rings (SSSR count). The van der Waals surface area contributed by atoms with Crippen molar-refractivity contribution in [1.29, 1.82) is 0 Å². The van der Waals surface area contributed by atoms with E-state index in [9.17, 15) is 13.6 Å². The van der Waals surface area contributed by atoms with Gasteiger partial charge in [-0.15, -0.1) is 0 Å². The van der Waals surface area contributed by atoms with Gasteiger partial charge in [-0.05, 0) is 101 Å². The van der Waals surface area contributed by atoms with Gasteiger partial charge in [-0.1, -0.05) is 36.8 Å². The molecule has 12 heteroatoms. The molecule has 1 aliphatic carbocycles. The third kappa shape index (κ3) is 11.5. The van der Waals surface area contributed by atoms with Gasteiger partial charge in [0.25, 0.3) is 0 Å². The maximum atomic E-state index is 14.4. The summed E-state index contributed by atoms with van der Waals surface area (Å²) in [5, 5.41) is 7.58. The number of alkyl halides is 1. The Labute approximate surface area is 299 Å². The third-order valence-corrected chi connectivity index (χ3v) is 8.87. The quantitative estimate of drug-likeness (QED) is 0.0520. The summed E-state index contributed by atoms with van der Waals surface area (Å²) in [6.07, 6.45) is 17.8. The first-order valence-corrected chi connectivity index (χ1v) is 18.0. The molecular weight excluding hydrogens is 659 g/mol. The largest absolute Gasteiger partial charge is 0.486 e. The number of halogens is 2. The van der Waals surface area contributed by atoms with E-state index < -0.39 is 24.0 Å². The molecule has 1 aromatic heterocycles. The van der Waals surface area contributed by atoms with E-state index in [0.717, 1.165) is 48.0 Å². The van der Waals surface area contributed by atoms with Crippen LogP contribution in [0.1, 0.15) is 52.0 Å². The first-order valence-electron chi connectivity index (χ1n) is 16.8. The minimum absolute atomic E-state index is 0.0353. The van der Waals surface area contributed by atoms with E-state index in [1.54, 1.807) is 63.1 Å². The summed E-state index contributed by atoms with van der Waals surface area (Å²) in [7, 11) is 0. The van der Waals surface area contributed by atoms with Gasteiger partial charge in [0, 0.05) is 43.4 Å². The molecule has 2 aliphatic rings. The molecule has 1 fully saturated rings. The number of nitrogens with one attached hydrogen (secondary N) is 1. The van der Waals surface area contributed by atoms with Crippen LogP contribution in [0, 0.1) is 5.92 Å². The van der Waals surface area contributed by atoms with Crippen LogP contribution >= 0.6 is 11.9 Å². The zero-order chi connectivity index (χ0) is 36.8. The van der Waals surface area contributed by atoms with Gasteiger partial charge >= 0.3 is 0 Å². The molecule has 1 aromatic rings. The zero-order valence-electron chi connectivity index (χ0n) is 30.3. The van der Waals surface area contributed by atoms with Crippen LogP contribution in [0.15, 0.2) is 94.7 Å². The lowest BCUT2D eigenvalue weighted by Crippen LogP contribution is -2.42. The number of aromatic nitrogens is 1. The average Bonchev–Trinajstić information content (AvgIpc) is 3.40. The predicted octanol–water partition coefficient (Wildman–Crippen LogP) is 5.85. The van der Waals surface area contributed by atoms with Gasteiger partial charge < -0.3 is 25.1 Å². The Bertz CT molecular complexity index is 1680. The molecule has 1 aliphatic heterocycles. The highest BCUT2D eigenvalue weighted by Gasteiger charge is 2.22. The smallest absolute Gasteiger partial charge is 0.187 e. The molecular formula is C38H52F2N6O3S. The topological polar surface area (TPSA) is 99.4 Å². The number of allylic oxidation sites excluding steroid dienone is 8. The zero-order valence-corrected chi connectivity index (χ0v) is 31.1. The second-order valence-corrected chi connectivity index (χ2v) is 12.8. The Kier molecular flexibility index (Phi) is 16.0. The van der Waals surface area contributed by atoms with Crippen molar-refractivity contribution in [3.8, 4) is 0 Å². The van der Waals surface area contributed by atoms with Gasteiger partial charge in [0.15, 0.2) is 17.4 Å². The predicted molar refractivity (Wildman–Crippen MR) is 202 cm³/mol. The Hall–Kier alpha value is -4.13. The Balaban J connectivity index is 1.83. The molecule has 3 N–H and O–H groups in total. The number of aromatic amines is 1. The van der Waals surface area contributed by atoms with Gasteiger partial charge in [-0.25, -0.2) is 18.1 Å². The van der Waals surface area contributed by atoms with Crippen molar-refractivity contribution in [1.82, 2.24) is 19.2 Å². The van der Waals surface area contributed by atoms with Crippen LogP contribution in [0.4, 0.5) is 8.78 Å². The van der Waals surface area contributed by atoms with Crippen molar-refractivity contribution in [3.05, 3.63) is 106 Å². The number of carbonyl (C=O) groups excluding carboxylic acids is 1. The van der Waals surface area contributed by atoms with E-state index in [-0.39, 0.29) is 30.6 Å². The van der Waals surface area contributed by atoms with E-state index in [2.05, 4.69) is 32.1 Å². The summed E-state index contributed by atoms with van der Waals surface area (Å²) < 4.78 is 42.0. The van der Waals surface area contributed by atoms with Gasteiger partial charge in [0.1, 0.15) is 18.6 Å². The molecule has 3 atom stereocenters. The van der Waals surface area contributed by atoms with Crippen molar-refractivity contribution in [3.63, 3.8) is 0 Å². The van der Waals surface area contributed by atoms with Crippen LogP contribution in [-0.4, -0.2) is 89.1 Å². The van der Waals surface area contributed by atoms with Crippen LogP contribution < -0.4 is 16.3 Å². The second-order valence-electron chi connectivity index (χ2n) is 11.9. The number of hydrogen-bond acceptors (Lipinski definition) is 9. The lowest BCUT2D eigenvalue weighted by atomic mass is 10.1. The minimum Gasteiger partial charge on any atom is -0.486 e. The highest BCUT2D eigenvalue weighted by molar-refractivity contribution is 7.96. The van der Waals surface area contributed by atoms with E-state index in [0.29, 0.717) is 11.4 Å². The number of nitrogens with two attached hydrogens (primary N) is 1. The van der Waals surface area contributed by atoms with Crippen LogP contribution in [0.3, 0.4) is 0 Å². The number of ketones is 1.